The number of rotatable bonds is 4. The SMILES string of the molecule is CCC1OCCC1Cn1c(CO)c[nH]c1=S. The highest BCUT2D eigenvalue weighted by atomic mass is 32.1. The molecule has 0 bridgehead atoms. The van der Waals surface area contributed by atoms with Gasteiger partial charge in [-0.15, -0.1) is 0 Å². The van der Waals surface area contributed by atoms with Gasteiger partial charge in [0.05, 0.1) is 18.4 Å². The molecule has 2 heterocycles. The molecule has 1 saturated heterocycles. The monoisotopic (exact) mass is 242 g/mol. The minimum absolute atomic E-state index is 0.0253. The van der Waals surface area contributed by atoms with E-state index in [2.05, 4.69) is 11.9 Å². The van der Waals surface area contributed by atoms with Crippen LogP contribution in [0.3, 0.4) is 0 Å². The van der Waals surface area contributed by atoms with Crippen LogP contribution in [0, 0.1) is 10.7 Å². The van der Waals surface area contributed by atoms with Gasteiger partial charge in [-0.05, 0) is 25.1 Å². The van der Waals surface area contributed by atoms with E-state index in [4.69, 9.17) is 17.0 Å². The van der Waals surface area contributed by atoms with Gasteiger partial charge in [0, 0.05) is 25.3 Å². The van der Waals surface area contributed by atoms with Crippen molar-refractivity contribution in [2.45, 2.75) is 39.0 Å². The smallest absolute Gasteiger partial charge is 0.177 e. The lowest BCUT2D eigenvalue weighted by Gasteiger charge is -2.18. The Balaban J connectivity index is 2.13. The Morgan fingerprint density at radius 3 is 3.19 bits per heavy atom. The summed E-state index contributed by atoms with van der Waals surface area (Å²) in [5.41, 5.74) is 0.853. The Kier molecular flexibility index (Phi) is 3.78. The van der Waals surface area contributed by atoms with Crippen LogP contribution in [0.1, 0.15) is 25.5 Å². The summed E-state index contributed by atoms with van der Waals surface area (Å²) in [6, 6.07) is 0. The molecule has 1 aliphatic rings. The first-order valence-electron chi connectivity index (χ1n) is 5.75. The predicted octanol–water partition coefficient (Wildman–Crippen LogP) is 1.85. The second-order valence-electron chi connectivity index (χ2n) is 4.22. The zero-order chi connectivity index (χ0) is 11.5. The molecule has 2 atom stereocenters. The number of hydrogen-bond donors (Lipinski definition) is 2. The highest BCUT2D eigenvalue weighted by Gasteiger charge is 2.27. The number of nitrogens with one attached hydrogen (secondary N) is 1. The van der Waals surface area contributed by atoms with Crippen molar-refractivity contribution in [3.8, 4) is 0 Å². The molecule has 0 radical (unpaired) electrons. The van der Waals surface area contributed by atoms with E-state index in [1.165, 1.54) is 0 Å². The number of aromatic amines is 1. The molecule has 1 fully saturated rings. The molecule has 0 aromatic carbocycles. The summed E-state index contributed by atoms with van der Waals surface area (Å²) in [5.74, 6) is 0.512. The molecular formula is C11H18N2O2S. The first kappa shape index (κ1) is 11.8. The first-order chi connectivity index (χ1) is 7.76. The van der Waals surface area contributed by atoms with E-state index in [-0.39, 0.29) is 6.61 Å². The van der Waals surface area contributed by atoms with E-state index < -0.39 is 0 Å². The molecule has 0 amide bonds. The van der Waals surface area contributed by atoms with Gasteiger partial charge in [-0.3, -0.25) is 0 Å². The molecule has 0 spiro atoms. The van der Waals surface area contributed by atoms with Crippen molar-refractivity contribution in [2.24, 2.45) is 5.92 Å². The van der Waals surface area contributed by atoms with Gasteiger partial charge in [-0.2, -0.15) is 0 Å². The van der Waals surface area contributed by atoms with E-state index in [0.29, 0.717) is 16.8 Å². The second kappa shape index (κ2) is 5.12. The molecular weight excluding hydrogens is 224 g/mol. The zero-order valence-corrected chi connectivity index (χ0v) is 10.3. The van der Waals surface area contributed by atoms with E-state index in [9.17, 15) is 5.11 Å². The van der Waals surface area contributed by atoms with Gasteiger partial charge in [0.1, 0.15) is 0 Å². The lowest BCUT2D eigenvalue weighted by molar-refractivity contribution is 0.0828. The van der Waals surface area contributed by atoms with Crippen LogP contribution in [0.2, 0.25) is 0 Å². The minimum Gasteiger partial charge on any atom is -0.390 e. The van der Waals surface area contributed by atoms with Crippen LogP contribution >= 0.6 is 12.2 Å². The Morgan fingerprint density at radius 1 is 1.69 bits per heavy atom. The average Bonchev–Trinajstić information content (AvgIpc) is 2.87. The van der Waals surface area contributed by atoms with Crippen molar-refractivity contribution in [1.29, 1.82) is 0 Å². The van der Waals surface area contributed by atoms with Crippen molar-refractivity contribution in [1.82, 2.24) is 9.55 Å². The lowest BCUT2D eigenvalue weighted by atomic mass is 9.99. The van der Waals surface area contributed by atoms with Crippen molar-refractivity contribution < 1.29 is 9.84 Å². The molecule has 1 aliphatic heterocycles. The Morgan fingerprint density at radius 2 is 2.50 bits per heavy atom. The Bertz CT molecular complexity index is 399. The third-order valence-corrected chi connectivity index (χ3v) is 3.62. The molecule has 2 rings (SSSR count). The van der Waals surface area contributed by atoms with Crippen LogP contribution in [-0.2, 0) is 17.9 Å². The maximum Gasteiger partial charge on any atom is 0.177 e. The molecule has 5 heteroatoms. The average molecular weight is 242 g/mol. The number of aromatic nitrogens is 2. The van der Waals surface area contributed by atoms with Gasteiger partial charge in [-0.25, -0.2) is 0 Å². The lowest BCUT2D eigenvalue weighted by Crippen LogP contribution is -2.21. The van der Waals surface area contributed by atoms with E-state index in [1.54, 1.807) is 6.20 Å². The number of hydrogen-bond acceptors (Lipinski definition) is 3. The highest BCUT2D eigenvalue weighted by Crippen LogP contribution is 2.25. The number of ether oxygens (including phenoxy) is 1. The summed E-state index contributed by atoms with van der Waals surface area (Å²) in [5, 5.41) is 9.21. The quantitative estimate of drug-likeness (QED) is 0.792. The second-order valence-corrected chi connectivity index (χ2v) is 4.61. The summed E-state index contributed by atoms with van der Waals surface area (Å²) in [7, 11) is 0. The standard InChI is InChI=1S/C11H18N2O2S/c1-2-10-8(3-4-15-10)6-13-9(7-14)5-12-11(13)16/h5,8,10,14H,2-4,6-7H2,1H3,(H,12,16). The fraction of sp³-hybridized carbons (Fsp3) is 0.727. The molecule has 2 unspecified atom stereocenters. The molecule has 90 valence electrons. The van der Waals surface area contributed by atoms with Crippen molar-refractivity contribution in [3.05, 3.63) is 16.7 Å². The minimum atomic E-state index is 0.0253. The van der Waals surface area contributed by atoms with E-state index >= 15 is 0 Å². The molecule has 4 nitrogen and oxygen atoms in total. The first-order valence-corrected chi connectivity index (χ1v) is 6.16. The fourth-order valence-electron chi connectivity index (χ4n) is 2.35. The summed E-state index contributed by atoms with van der Waals surface area (Å²) in [4.78, 5) is 2.97. The van der Waals surface area contributed by atoms with Gasteiger partial charge in [0.15, 0.2) is 4.77 Å². The van der Waals surface area contributed by atoms with Crippen LogP contribution in [0.4, 0.5) is 0 Å². The van der Waals surface area contributed by atoms with Crippen molar-refractivity contribution in [3.63, 3.8) is 0 Å². The van der Waals surface area contributed by atoms with Gasteiger partial charge in [0.25, 0.3) is 0 Å². The van der Waals surface area contributed by atoms with Crippen LogP contribution in [0.5, 0.6) is 0 Å². The van der Waals surface area contributed by atoms with Crippen LogP contribution < -0.4 is 0 Å². The number of imidazole rings is 1. The maximum atomic E-state index is 9.21. The number of aliphatic hydroxyl groups is 1. The van der Waals surface area contributed by atoms with Crippen LogP contribution in [0.25, 0.3) is 0 Å². The number of nitrogens with zero attached hydrogens (tertiary/aromatic N) is 1. The maximum absolute atomic E-state index is 9.21. The largest absolute Gasteiger partial charge is 0.390 e. The van der Waals surface area contributed by atoms with Crippen molar-refractivity contribution in [2.75, 3.05) is 6.61 Å². The summed E-state index contributed by atoms with van der Waals surface area (Å²) < 4.78 is 8.33. The number of aliphatic hydroxyl groups excluding tert-OH is 1. The summed E-state index contributed by atoms with van der Waals surface area (Å²) >= 11 is 5.20. The van der Waals surface area contributed by atoms with Gasteiger partial charge in [0.2, 0.25) is 0 Å². The molecule has 16 heavy (non-hydrogen) atoms. The van der Waals surface area contributed by atoms with Gasteiger partial charge >= 0.3 is 0 Å². The third kappa shape index (κ3) is 2.21. The normalized spacial score (nSPS) is 25.1. The van der Waals surface area contributed by atoms with Gasteiger partial charge < -0.3 is 19.4 Å². The number of H-pyrrole nitrogens is 1. The molecule has 0 aliphatic carbocycles. The third-order valence-electron chi connectivity index (χ3n) is 3.28. The zero-order valence-electron chi connectivity index (χ0n) is 9.48. The fourth-order valence-corrected chi connectivity index (χ4v) is 2.60. The van der Waals surface area contributed by atoms with E-state index in [1.807, 2.05) is 4.57 Å². The molecule has 1 aromatic rings. The van der Waals surface area contributed by atoms with Crippen LogP contribution in [-0.4, -0.2) is 27.4 Å². The van der Waals surface area contributed by atoms with Crippen LogP contribution in [0.15, 0.2) is 6.20 Å². The summed E-state index contributed by atoms with van der Waals surface area (Å²) in [6.07, 6.45) is 4.23. The molecule has 1 aromatic heterocycles. The highest BCUT2D eigenvalue weighted by molar-refractivity contribution is 7.71. The Hall–Kier alpha value is -0.650. The predicted molar refractivity (Wildman–Crippen MR) is 63.7 cm³/mol. The molecule has 2 N–H and O–H groups in total. The molecule has 0 saturated carbocycles. The topological polar surface area (TPSA) is 50.2 Å². The Labute approximate surface area is 100 Å². The van der Waals surface area contributed by atoms with E-state index in [0.717, 1.165) is 31.7 Å². The van der Waals surface area contributed by atoms with Gasteiger partial charge in [-0.1, -0.05) is 6.92 Å². The van der Waals surface area contributed by atoms with Crippen molar-refractivity contribution >= 4 is 12.2 Å². The summed E-state index contributed by atoms with van der Waals surface area (Å²) in [6.45, 7) is 3.86.